The second-order valence-electron chi connectivity index (χ2n) is 8.45. The van der Waals surface area contributed by atoms with E-state index in [1.165, 1.54) is 77.0 Å². The average molecular weight is 439 g/mol. The number of benzene rings is 1. The van der Waals surface area contributed by atoms with Gasteiger partial charge in [0, 0.05) is 0 Å². The molecule has 0 heterocycles. The molecule has 0 fully saturated rings. The van der Waals surface area contributed by atoms with Gasteiger partial charge in [0.15, 0.2) is 0 Å². The van der Waals surface area contributed by atoms with Crippen molar-refractivity contribution in [3.63, 3.8) is 0 Å². The third kappa shape index (κ3) is 13.6. The summed E-state index contributed by atoms with van der Waals surface area (Å²) < 4.78 is 25.1. The molecule has 0 aliphatic heterocycles. The molecular weight excluding hydrogens is 391 g/mol. The first-order valence-corrected chi connectivity index (χ1v) is 14.2. The molecule has 0 saturated heterocycles. The van der Waals surface area contributed by atoms with Crippen molar-refractivity contribution in [3.05, 3.63) is 30.3 Å². The van der Waals surface area contributed by atoms with Gasteiger partial charge in [0.05, 0.1) is 18.5 Å². The van der Waals surface area contributed by atoms with Crippen molar-refractivity contribution in [2.24, 2.45) is 0 Å². The quantitative estimate of drug-likeness (QED) is 0.142. The van der Waals surface area contributed by atoms with Crippen LogP contribution >= 0.6 is 7.60 Å². The van der Waals surface area contributed by atoms with Gasteiger partial charge in [0.25, 0.3) is 0 Å². The first-order chi connectivity index (χ1) is 14.7. The summed E-state index contributed by atoms with van der Waals surface area (Å²) >= 11 is 0. The van der Waals surface area contributed by atoms with Crippen molar-refractivity contribution in [2.45, 2.75) is 117 Å². The van der Waals surface area contributed by atoms with Crippen molar-refractivity contribution in [2.75, 3.05) is 13.2 Å². The molecule has 0 aromatic heterocycles. The first kappa shape index (κ1) is 27.4. The largest absolute Gasteiger partial charge is 0.361 e. The molecule has 0 amide bonds. The predicted molar refractivity (Wildman–Crippen MR) is 131 cm³/mol. The Bertz CT molecular complexity index is 506. The Morgan fingerprint density at radius 1 is 0.567 bits per heavy atom. The number of hydrogen-bond acceptors (Lipinski definition) is 3. The normalized spacial score (nSPS) is 11.8. The molecule has 0 unspecified atom stereocenters. The first-order valence-electron chi connectivity index (χ1n) is 12.7. The van der Waals surface area contributed by atoms with Crippen LogP contribution in [0.1, 0.15) is 117 Å². The van der Waals surface area contributed by atoms with Crippen LogP contribution in [0.3, 0.4) is 0 Å². The van der Waals surface area contributed by atoms with Gasteiger partial charge in [-0.1, -0.05) is 122 Å². The predicted octanol–water partition coefficient (Wildman–Crippen LogP) is 8.82. The lowest BCUT2D eigenvalue weighted by molar-refractivity contribution is 0.206. The van der Waals surface area contributed by atoms with Crippen LogP contribution < -0.4 is 5.30 Å². The molecular formula is C26H47O3P. The van der Waals surface area contributed by atoms with E-state index in [2.05, 4.69) is 13.8 Å². The highest BCUT2D eigenvalue weighted by atomic mass is 31.2. The second-order valence-corrected chi connectivity index (χ2v) is 10.5. The summed E-state index contributed by atoms with van der Waals surface area (Å²) in [6, 6.07) is 9.47. The summed E-state index contributed by atoms with van der Waals surface area (Å²) in [6.07, 6.45) is 19.9. The molecule has 0 aliphatic rings. The molecule has 0 N–H and O–H groups in total. The van der Waals surface area contributed by atoms with Gasteiger partial charge in [-0.05, 0) is 25.0 Å². The minimum absolute atomic E-state index is 0.512. The Balaban J connectivity index is 2.26. The molecule has 3 nitrogen and oxygen atoms in total. The fourth-order valence-electron chi connectivity index (χ4n) is 3.64. The van der Waals surface area contributed by atoms with Crippen LogP contribution in [0.4, 0.5) is 0 Å². The molecule has 4 heteroatoms. The lowest BCUT2D eigenvalue weighted by atomic mass is 10.1. The zero-order valence-corrected chi connectivity index (χ0v) is 20.7. The highest BCUT2D eigenvalue weighted by Gasteiger charge is 2.27. The average Bonchev–Trinajstić information content (AvgIpc) is 2.77. The molecule has 174 valence electrons. The van der Waals surface area contributed by atoms with E-state index >= 15 is 0 Å². The van der Waals surface area contributed by atoms with Gasteiger partial charge >= 0.3 is 7.60 Å². The zero-order chi connectivity index (χ0) is 21.8. The molecule has 1 rings (SSSR count). The maximum atomic E-state index is 13.4. The maximum absolute atomic E-state index is 13.4. The smallest absolute Gasteiger partial charge is 0.305 e. The Kier molecular flexibility index (Phi) is 17.4. The Hall–Kier alpha value is -0.630. The van der Waals surface area contributed by atoms with Crippen LogP contribution in [0.2, 0.25) is 0 Å². The van der Waals surface area contributed by atoms with Crippen molar-refractivity contribution in [1.29, 1.82) is 0 Å². The minimum Gasteiger partial charge on any atom is -0.305 e. The molecule has 0 atom stereocenters. The van der Waals surface area contributed by atoms with E-state index in [9.17, 15) is 4.57 Å². The summed E-state index contributed by atoms with van der Waals surface area (Å²) in [5.41, 5.74) is 0. The van der Waals surface area contributed by atoms with Gasteiger partial charge in [-0.15, -0.1) is 0 Å². The molecule has 1 aromatic rings. The number of unbranched alkanes of at least 4 members (excludes halogenated alkanes) is 14. The molecule has 0 bridgehead atoms. The van der Waals surface area contributed by atoms with Gasteiger partial charge in [-0.2, -0.15) is 0 Å². The van der Waals surface area contributed by atoms with Crippen LogP contribution in [0.25, 0.3) is 0 Å². The van der Waals surface area contributed by atoms with E-state index in [0.29, 0.717) is 18.5 Å². The second kappa shape index (κ2) is 19.1. The van der Waals surface area contributed by atoms with E-state index in [1.807, 2.05) is 30.3 Å². The summed E-state index contributed by atoms with van der Waals surface area (Å²) in [4.78, 5) is 0. The van der Waals surface area contributed by atoms with Crippen LogP contribution in [0.5, 0.6) is 0 Å². The standard InChI is InChI=1S/C26H47O3P/c1-3-5-7-9-11-13-15-20-24-28-30(27,26-22-18-17-19-23-26)29-25-21-16-14-12-10-8-6-4-2/h17-19,22-23H,3-16,20-21,24-25H2,1-2H3. The molecule has 0 aliphatic carbocycles. The third-order valence-corrected chi connectivity index (χ3v) is 7.57. The summed E-state index contributed by atoms with van der Waals surface area (Å²) in [6.45, 7) is 5.52. The topological polar surface area (TPSA) is 35.5 Å². The van der Waals surface area contributed by atoms with Crippen LogP contribution in [-0.2, 0) is 13.6 Å². The summed E-state index contributed by atoms with van der Waals surface area (Å²) in [5.74, 6) is 0. The zero-order valence-electron chi connectivity index (χ0n) is 19.8. The Labute approximate surface area is 186 Å². The van der Waals surface area contributed by atoms with Gasteiger partial charge in [0.1, 0.15) is 0 Å². The van der Waals surface area contributed by atoms with E-state index < -0.39 is 7.60 Å². The maximum Gasteiger partial charge on any atom is 0.361 e. The van der Waals surface area contributed by atoms with Crippen molar-refractivity contribution >= 4 is 12.9 Å². The lowest BCUT2D eigenvalue weighted by Gasteiger charge is -2.19. The van der Waals surface area contributed by atoms with E-state index in [-0.39, 0.29) is 0 Å². The molecule has 0 saturated carbocycles. The molecule has 1 aromatic carbocycles. The monoisotopic (exact) mass is 438 g/mol. The van der Waals surface area contributed by atoms with Crippen molar-refractivity contribution in [3.8, 4) is 0 Å². The minimum atomic E-state index is -3.21. The highest BCUT2D eigenvalue weighted by Crippen LogP contribution is 2.47. The fourth-order valence-corrected chi connectivity index (χ4v) is 5.29. The van der Waals surface area contributed by atoms with E-state index in [0.717, 1.165) is 25.7 Å². The summed E-state index contributed by atoms with van der Waals surface area (Å²) in [7, 11) is -3.21. The lowest BCUT2D eigenvalue weighted by Crippen LogP contribution is -2.11. The Morgan fingerprint density at radius 3 is 1.33 bits per heavy atom. The number of hydrogen-bond donors (Lipinski definition) is 0. The van der Waals surface area contributed by atoms with Gasteiger partial charge in [0.2, 0.25) is 0 Å². The van der Waals surface area contributed by atoms with Crippen LogP contribution in [0, 0.1) is 0 Å². The molecule has 0 spiro atoms. The van der Waals surface area contributed by atoms with E-state index in [1.54, 1.807) is 0 Å². The van der Waals surface area contributed by atoms with Gasteiger partial charge in [-0.25, -0.2) is 0 Å². The van der Waals surface area contributed by atoms with Crippen molar-refractivity contribution in [1.82, 2.24) is 0 Å². The van der Waals surface area contributed by atoms with Gasteiger partial charge < -0.3 is 9.05 Å². The molecule has 0 radical (unpaired) electrons. The van der Waals surface area contributed by atoms with Gasteiger partial charge in [-0.3, -0.25) is 4.57 Å². The van der Waals surface area contributed by atoms with E-state index in [4.69, 9.17) is 9.05 Å². The number of rotatable bonds is 21. The highest BCUT2D eigenvalue weighted by molar-refractivity contribution is 7.62. The third-order valence-electron chi connectivity index (χ3n) is 5.59. The van der Waals surface area contributed by atoms with Crippen LogP contribution in [0.15, 0.2) is 30.3 Å². The SMILES string of the molecule is CCCCCCCCCCOP(=O)(OCCCCCCCCCC)c1ccccc1. The molecule has 30 heavy (non-hydrogen) atoms. The van der Waals surface area contributed by atoms with Crippen molar-refractivity contribution < 1.29 is 13.6 Å². The fraction of sp³-hybridized carbons (Fsp3) is 0.769. The van der Waals surface area contributed by atoms with Crippen LogP contribution in [-0.4, -0.2) is 13.2 Å². The summed E-state index contributed by atoms with van der Waals surface area (Å²) in [5, 5.41) is 0.684. The Morgan fingerprint density at radius 2 is 0.933 bits per heavy atom.